The number of carboxylic acid groups (broad SMARTS) is 1. The quantitative estimate of drug-likeness (QED) is 0.702. The molecule has 1 aliphatic carbocycles. The maximum Gasteiger partial charge on any atom is 0.335 e. The van der Waals surface area contributed by atoms with Gasteiger partial charge in [0, 0.05) is 31.5 Å². The Morgan fingerprint density at radius 3 is 2.48 bits per heavy atom. The van der Waals surface area contributed by atoms with Crippen molar-refractivity contribution in [1.82, 2.24) is 15.5 Å². The summed E-state index contributed by atoms with van der Waals surface area (Å²) in [5, 5.41) is 14.5. The number of carbonyl (C=O) groups is 3. The minimum Gasteiger partial charge on any atom is -0.478 e. The van der Waals surface area contributed by atoms with Crippen molar-refractivity contribution in [2.75, 3.05) is 6.54 Å². The number of urea groups is 1. The summed E-state index contributed by atoms with van der Waals surface area (Å²) in [4.78, 5) is 37.3. The zero-order valence-electron chi connectivity index (χ0n) is 15.9. The average molecular weight is 393 g/mol. The standard InChI is InChI=1S/C22H23N3O4/c26-20-10-17(13-25(20)19-11-18(19)15-4-2-1-3-5-15)24-22(29)23-12-14-6-8-16(9-7-14)21(27)28/h1-9,17-19H,10-13H2,(H,27,28)(H2,23,24,29). The number of aromatic carboxylic acids is 1. The third kappa shape index (κ3) is 4.39. The maximum absolute atomic E-state index is 12.4. The number of rotatable bonds is 6. The molecule has 3 unspecified atom stereocenters. The molecular weight excluding hydrogens is 370 g/mol. The van der Waals surface area contributed by atoms with Crippen LogP contribution in [-0.2, 0) is 11.3 Å². The van der Waals surface area contributed by atoms with Gasteiger partial charge in [-0.2, -0.15) is 0 Å². The normalized spacial score (nSPS) is 23.0. The van der Waals surface area contributed by atoms with E-state index < -0.39 is 5.97 Å². The van der Waals surface area contributed by atoms with Crippen LogP contribution in [-0.4, -0.2) is 46.5 Å². The molecule has 3 atom stereocenters. The van der Waals surface area contributed by atoms with Gasteiger partial charge in [0.2, 0.25) is 5.91 Å². The van der Waals surface area contributed by atoms with Crippen molar-refractivity contribution in [2.24, 2.45) is 0 Å². The second-order valence-corrected chi connectivity index (χ2v) is 7.60. The number of hydrogen-bond acceptors (Lipinski definition) is 3. The third-order valence-electron chi connectivity index (χ3n) is 5.53. The monoisotopic (exact) mass is 393 g/mol. The molecule has 7 nitrogen and oxygen atoms in total. The van der Waals surface area contributed by atoms with E-state index in [1.807, 2.05) is 23.1 Å². The molecule has 0 radical (unpaired) electrons. The number of carboxylic acids is 1. The fourth-order valence-electron chi connectivity index (χ4n) is 3.92. The number of nitrogens with zero attached hydrogens (tertiary/aromatic N) is 1. The highest BCUT2D eigenvalue weighted by atomic mass is 16.4. The summed E-state index contributed by atoms with van der Waals surface area (Å²) in [6.45, 7) is 0.822. The van der Waals surface area contributed by atoms with E-state index in [-0.39, 0.29) is 36.1 Å². The van der Waals surface area contributed by atoms with Gasteiger partial charge in [-0.15, -0.1) is 0 Å². The first kappa shape index (κ1) is 19.0. The molecule has 2 aliphatic rings. The van der Waals surface area contributed by atoms with Gasteiger partial charge in [0.05, 0.1) is 11.6 Å². The molecule has 1 heterocycles. The molecule has 3 amide bonds. The summed E-state index contributed by atoms with van der Waals surface area (Å²) in [5.41, 5.74) is 2.27. The van der Waals surface area contributed by atoms with E-state index in [1.165, 1.54) is 17.7 Å². The van der Waals surface area contributed by atoms with Crippen LogP contribution in [0.3, 0.4) is 0 Å². The molecule has 0 aromatic heterocycles. The largest absolute Gasteiger partial charge is 0.478 e. The lowest BCUT2D eigenvalue weighted by molar-refractivity contribution is -0.128. The van der Waals surface area contributed by atoms with Gasteiger partial charge >= 0.3 is 12.0 Å². The first-order chi connectivity index (χ1) is 14.0. The molecule has 3 N–H and O–H groups in total. The Labute approximate surface area is 168 Å². The fraction of sp³-hybridized carbons (Fsp3) is 0.318. The van der Waals surface area contributed by atoms with Crippen LogP contribution < -0.4 is 10.6 Å². The van der Waals surface area contributed by atoms with E-state index >= 15 is 0 Å². The highest BCUT2D eigenvalue weighted by Gasteiger charge is 2.47. The molecule has 2 aromatic rings. The number of hydrogen-bond donors (Lipinski definition) is 3. The lowest BCUT2D eigenvalue weighted by atomic mass is 10.1. The van der Waals surface area contributed by atoms with Crippen LogP contribution in [0.15, 0.2) is 54.6 Å². The van der Waals surface area contributed by atoms with Gasteiger partial charge in [0.15, 0.2) is 0 Å². The molecule has 1 saturated carbocycles. The predicted octanol–water partition coefficient (Wildman–Crippen LogP) is 2.34. The highest BCUT2D eigenvalue weighted by molar-refractivity contribution is 5.87. The van der Waals surface area contributed by atoms with Gasteiger partial charge in [-0.25, -0.2) is 9.59 Å². The van der Waals surface area contributed by atoms with Crippen LogP contribution >= 0.6 is 0 Å². The number of amides is 3. The Kier molecular flexibility index (Phi) is 5.20. The van der Waals surface area contributed by atoms with E-state index in [4.69, 9.17) is 5.11 Å². The SMILES string of the molecule is O=C(NCc1ccc(C(=O)O)cc1)NC1CC(=O)N(C2CC2c2ccccc2)C1. The summed E-state index contributed by atoms with van der Waals surface area (Å²) in [6, 6.07) is 16.2. The van der Waals surface area contributed by atoms with E-state index in [0.29, 0.717) is 18.9 Å². The van der Waals surface area contributed by atoms with Crippen molar-refractivity contribution >= 4 is 17.9 Å². The van der Waals surface area contributed by atoms with Crippen LogP contribution in [0.4, 0.5) is 4.79 Å². The number of carbonyl (C=O) groups excluding carboxylic acids is 2. The second kappa shape index (κ2) is 7.95. The fourth-order valence-corrected chi connectivity index (χ4v) is 3.92. The van der Waals surface area contributed by atoms with Crippen LogP contribution in [0.25, 0.3) is 0 Å². The van der Waals surface area contributed by atoms with Crippen LogP contribution in [0.2, 0.25) is 0 Å². The van der Waals surface area contributed by atoms with Crippen LogP contribution in [0, 0.1) is 0 Å². The lowest BCUT2D eigenvalue weighted by Gasteiger charge is -2.18. The minimum absolute atomic E-state index is 0.0861. The molecule has 2 aromatic carbocycles. The topological polar surface area (TPSA) is 98.7 Å². The summed E-state index contributed by atoms with van der Waals surface area (Å²) >= 11 is 0. The molecule has 2 fully saturated rings. The average Bonchev–Trinajstić information content (AvgIpc) is 3.44. The van der Waals surface area contributed by atoms with Gasteiger partial charge < -0.3 is 20.6 Å². The summed E-state index contributed by atoms with van der Waals surface area (Å²) < 4.78 is 0. The van der Waals surface area contributed by atoms with Crippen molar-refractivity contribution in [1.29, 1.82) is 0 Å². The van der Waals surface area contributed by atoms with Gasteiger partial charge in [0.25, 0.3) is 0 Å². The second-order valence-electron chi connectivity index (χ2n) is 7.60. The molecule has 0 bridgehead atoms. The summed E-state index contributed by atoms with van der Waals surface area (Å²) in [7, 11) is 0. The van der Waals surface area contributed by atoms with E-state index in [9.17, 15) is 14.4 Å². The Bertz CT molecular complexity index is 913. The van der Waals surface area contributed by atoms with Crippen molar-refractivity contribution in [3.63, 3.8) is 0 Å². The highest BCUT2D eigenvalue weighted by Crippen LogP contribution is 2.45. The van der Waals surface area contributed by atoms with E-state index in [0.717, 1.165) is 12.0 Å². The summed E-state index contributed by atoms with van der Waals surface area (Å²) in [6.07, 6.45) is 1.29. The lowest BCUT2D eigenvalue weighted by Crippen LogP contribution is -2.43. The van der Waals surface area contributed by atoms with Gasteiger partial charge in [-0.1, -0.05) is 42.5 Å². The Hall–Kier alpha value is -3.35. The van der Waals surface area contributed by atoms with Crippen molar-refractivity contribution in [3.05, 3.63) is 71.3 Å². The van der Waals surface area contributed by atoms with Gasteiger partial charge in [-0.3, -0.25) is 4.79 Å². The van der Waals surface area contributed by atoms with Crippen molar-refractivity contribution in [3.8, 4) is 0 Å². The molecule has 4 rings (SSSR count). The molecule has 7 heteroatoms. The third-order valence-corrected chi connectivity index (χ3v) is 5.53. The molecule has 29 heavy (non-hydrogen) atoms. The van der Waals surface area contributed by atoms with Crippen molar-refractivity contribution < 1.29 is 19.5 Å². The molecule has 150 valence electrons. The molecular formula is C22H23N3O4. The molecule has 1 aliphatic heterocycles. The van der Waals surface area contributed by atoms with Crippen molar-refractivity contribution in [2.45, 2.75) is 37.4 Å². The maximum atomic E-state index is 12.4. The summed E-state index contributed by atoms with van der Waals surface area (Å²) in [5.74, 6) is -0.507. The Morgan fingerprint density at radius 2 is 1.79 bits per heavy atom. The van der Waals surface area contributed by atoms with E-state index in [2.05, 4.69) is 22.8 Å². The van der Waals surface area contributed by atoms with E-state index in [1.54, 1.807) is 12.1 Å². The van der Waals surface area contributed by atoms with Gasteiger partial charge in [0.1, 0.15) is 0 Å². The number of likely N-dealkylation sites (tertiary alicyclic amines) is 1. The molecule has 0 spiro atoms. The van der Waals surface area contributed by atoms with Crippen LogP contribution in [0.5, 0.6) is 0 Å². The Balaban J connectivity index is 1.24. The number of benzene rings is 2. The number of nitrogens with one attached hydrogen (secondary N) is 2. The first-order valence-electron chi connectivity index (χ1n) is 9.72. The first-order valence-corrected chi connectivity index (χ1v) is 9.72. The molecule has 1 saturated heterocycles. The van der Waals surface area contributed by atoms with Crippen LogP contribution in [0.1, 0.15) is 40.2 Å². The smallest absolute Gasteiger partial charge is 0.335 e. The zero-order chi connectivity index (χ0) is 20.4. The Morgan fingerprint density at radius 1 is 1.07 bits per heavy atom. The van der Waals surface area contributed by atoms with Gasteiger partial charge in [-0.05, 0) is 29.7 Å². The minimum atomic E-state index is -0.983. The zero-order valence-corrected chi connectivity index (χ0v) is 15.9. The predicted molar refractivity (Wildman–Crippen MR) is 106 cm³/mol.